The van der Waals surface area contributed by atoms with Gasteiger partial charge in [-0.2, -0.15) is 5.26 Å². The summed E-state index contributed by atoms with van der Waals surface area (Å²) in [6.45, 7) is 0. The van der Waals surface area contributed by atoms with Crippen LogP contribution in [0.1, 0.15) is 11.1 Å². The summed E-state index contributed by atoms with van der Waals surface area (Å²) in [5.74, 6) is 0.378. The Labute approximate surface area is 90.0 Å². The smallest absolute Gasteiger partial charge is 0.134 e. The number of alkyl halides is 1. The molecule has 0 fully saturated rings. The number of nitrogens with zero attached hydrogens (tertiary/aromatic N) is 1. The van der Waals surface area contributed by atoms with Crippen LogP contribution in [-0.4, -0.2) is 5.11 Å². The third-order valence-corrected chi connectivity index (χ3v) is 3.33. The average Bonchev–Trinajstić information content (AvgIpc) is 2.61. The Bertz CT molecular complexity index is 527. The Hall–Kier alpha value is -1.24. The van der Waals surface area contributed by atoms with Gasteiger partial charge in [0.1, 0.15) is 17.4 Å². The van der Waals surface area contributed by atoms with E-state index in [0.29, 0.717) is 11.4 Å². The molecule has 0 aliphatic carbocycles. The lowest BCUT2D eigenvalue weighted by Gasteiger charge is -1.99. The van der Waals surface area contributed by atoms with Crippen molar-refractivity contribution < 1.29 is 5.11 Å². The summed E-state index contributed by atoms with van der Waals surface area (Å²) in [6.07, 6.45) is 0. The van der Waals surface area contributed by atoms with Gasteiger partial charge in [0.25, 0.3) is 0 Å². The summed E-state index contributed by atoms with van der Waals surface area (Å²) in [7, 11) is 0. The zero-order chi connectivity index (χ0) is 10.1. The van der Waals surface area contributed by atoms with Gasteiger partial charge in [0.05, 0.1) is 0 Å². The van der Waals surface area contributed by atoms with E-state index in [-0.39, 0.29) is 5.75 Å². The highest BCUT2D eigenvalue weighted by molar-refractivity contribution is 7.17. The Kier molecular flexibility index (Phi) is 2.32. The van der Waals surface area contributed by atoms with Crippen molar-refractivity contribution in [3.63, 3.8) is 0 Å². The highest BCUT2D eigenvalue weighted by atomic mass is 35.5. The van der Waals surface area contributed by atoms with Gasteiger partial charge in [0.2, 0.25) is 0 Å². The molecule has 70 valence electrons. The quantitative estimate of drug-likeness (QED) is 0.755. The van der Waals surface area contributed by atoms with Gasteiger partial charge in [0, 0.05) is 16.0 Å². The van der Waals surface area contributed by atoms with Crippen LogP contribution in [0.2, 0.25) is 0 Å². The Morgan fingerprint density at radius 3 is 2.93 bits per heavy atom. The molecule has 0 spiro atoms. The second-order valence-electron chi connectivity index (χ2n) is 2.84. The summed E-state index contributed by atoms with van der Waals surface area (Å²) < 4.78 is 0.981. The molecule has 14 heavy (non-hydrogen) atoms. The van der Waals surface area contributed by atoms with Gasteiger partial charge in [-0.3, -0.25) is 0 Å². The molecular formula is C10H6ClNOS. The van der Waals surface area contributed by atoms with Crippen LogP contribution in [0.5, 0.6) is 5.75 Å². The second kappa shape index (κ2) is 3.49. The van der Waals surface area contributed by atoms with Crippen molar-refractivity contribution in [2.45, 2.75) is 5.88 Å². The molecular weight excluding hydrogens is 218 g/mol. The van der Waals surface area contributed by atoms with Gasteiger partial charge in [-0.15, -0.1) is 22.9 Å². The number of thiophene rings is 1. The van der Waals surface area contributed by atoms with Crippen molar-refractivity contribution in [1.82, 2.24) is 0 Å². The van der Waals surface area contributed by atoms with Crippen LogP contribution in [0.25, 0.3) is 10.1 Å². The SMILES string of the molecule is N#Cc1c(O)ccc2scc(CCl)c12. The van der Waals surface area contributed by atoms with E-state index in [9.17, 15) is 5.11 Å². The monoisotopic (exact) mass is 223 g/mol. The third-order valence-electron chi connectivity index (χ3n) is 2.05. The molecule has 1 aromatic carbocycles. The zero-order valence-electron chi connectivity index (χ0n) is 7.12. The van der Waals surface area contributed by atoms with E-state index in [2.05, 4.69) is 0 Å². The fourth-order valence-electron chi connectivity index (χ4n) is 1.39. The summed E-state index contributed by atoms with van der Waals surface area (Å²) in [4.78, 5) is 0. The van der Waals surface area contributed by atoms with Crippen molar-refractivity contribution in [3.05, 3.63) is 28.6 Å². The van der Waals surface area contributed by atoms with Crippen LogP contribution >= 0.6 is 22.9 Å². The molecule has 1 heterocycles. The van der Waals surface area contributed by atoms with Crippen molar-refractivity contribution in [2.24, 2.45) is 0 Å². The molecule has 0 atom stereocenters. The summed E-state index contributed by atoms with van der Waals surface area (Å²) in [5.41, 5.74) is 1.22. The van der Waals surface area contributed by atoms with Gasteiger partial charge >= 0.3 is 0 Å². The minimum absolute atomic E-state index is 0.0183. The Morgan fingerprint density at radius 1 is 1.50 bits per heavy atom. The highest BCUT2D eigenvalue weighted by Crippen LogP contribution is 2.34. The number of hydrogen-bond donors (Lipinski definition) is 1. The van der Waals surface area contributed by atoms with Crippen molar-refractivity contribution in [2.75, 3.05) is 0 Å². The largest absolute Gasteiger partial charge is 0.507 e. The molecule has 2 aromatic rings. The molecule has 0 radical (unpaired) electrons. The predicted molar refractivity (Wildman–Crippen MR) is 57.8 cm³/mol. The van der Waals surface area contributed by atoms with Crippen molar-refractivity contribution >= 4 is 33.0 Å². The second-order valence-corrected chi connectivity index (χ2v) is 4.02. The van der Waals surface area contributed by atoms with E-state index in [4.69, 9.17) is 16.9 Å². The number of phenolic OH excluding ortho intramolecular Hbond substituents is 1. The van der Waals surface area contributed by atoms with Gasteiger partial charge in [0.15, 0.2) is 0 Å². The topological polar surface area (TPSA) is 44.0 Å². The van der Waals surface area contributed by atoms with Crippen LogP contribution in [0.4, 0.5) is 0 Å². The van der Waals surface area contributed by atoms with Gasteiger partial charge in [-0.1, -0.05) is 0 Å². The fourth-order valence-corrected chi connectivity index (χ4v) is 2.66. The average molecular weight is 224 g/mol. The van der Waals surface area contributed by atoms with E-state index < -0.39 is 0 Å². The zero-order valence-corrected chi connectivity index (χ0v) is 8.69. The normalized spacial score (nSPS) is 10.3. The summed E-state index contributed by atoms with van der Waals surface area (Å²) >= 11 is 7.27. The van der Waals surface area contributed by atoms with E-state index in [1.807, 2.05) is 11.4 Å². The number of phenols is 1. The predicted octanol–water partition coefficient (Wildman–Crippen LogP) is 3.22. The maximum absolute atomic E-state index is 9.49. The van der Waals surface area contributed by atoms with E-state index in [0.717, 1.165) is 15.6 Å². The minimum atomic E-state index is 0.0183. The molecule has 0 aliphatic heterocycles. The number of rotatable bonds is 1. The molecule has 0 saturated carbocycles. The minimum Gasteiger partial charge on any atom is -0.507 e. The molecule has 0 amide bonds. The van der Waals surface area contributed by atoms with Crippen LogP contribution in [0.15, 0.2) is 17.5 Å². The molecule has 2 nitrogen and oxygen atoms in total. The van der Waals surface area contributed by atoms with Crippen LogP contribution < -0.4 is 0 Å². The molecule has 0 unspecified atom stereocenters. The third kappa shape index (κ3) is 1.24. The van der Waals surface area contributed by atoms with Crippen LogP contribution in [0, 0.1) is 11.3 Å². The molecule has 0 saturated heterocycles. The first-order chi connectivity index (χ1) is 6.77. The van der Waals surface area contributed by atoms with Crippen LogP contribution in [0.3, 0.4) is 0 Å². The highest BCUT2D eigenvalue weighted by Gasteiger charge is 2.11. The lowest BCUT2D eigenvalue weighted by atomic mass is 10.1. The number of hydrogen-bond acceptors (Lipinski definition) is 3. The molecule has 0 aliphatic rings. The lowest BCUT2D eigenvalue weighted by molar-refractivity contribution is 0.474. The maximum atomic E-state index is 9.49. The standard InChI is InChI=1S/C10H6ClNOS/c11-3-6-5-14-9-2-1-8(13)7(4-12)10(6)9/h1-2,5,13H,3H2. The summed E-state index contributed by atoms with van der Waals surface area (Å²) in [6, 6.07) is 5.33. The first kappa shape index (κ1) is 9.32. The van der Waals surface area contributed by atoms with Crippen molar-refractivity contribution in [1.29, 1.82) is 5.26 Å². The molecule has 1 aromatic heterocycles. The number of halogens is 1. The molecule has 0 bridgehead atoms. The molecule has 1 N–H and O–H groups in total. The first-order valence-electron chi connectivity index (χ1n) is 3.96. The molecule has 2 rings (SSSR count). The van der Waals surface area contributed by atoms with Crippen molar-refractivity contribution in [3.8, 4) is 11.8 Å². The maximum Gasteiger partial charge on any atom is 0.134 e. The number of aromatic hydroxyl groups is 1. The molecule has 4 heteroatoms. The van der Waals surface area contributed by atoms with E-state index in [1.165, 1.54) is 17.4 Å². The van der Waals surface area contributed by atoms with E-state index in [1.54, 1.807) is 6.07 Å². The lowest BCUT2D eigenvalue weighted by Crippen LogP contribution is -1.81. The summed E-state index contributed by atoms with van der Waals surface area (Å²) in [5, 5.41) is 21.1. The van der Waals surface area contributed by atoms with Gasteiger partial charge in [-0.05, 0) is 23.1 Å². The number of nitriles is 1. The first-order valence-corrected chi connectivity index (χ1v) is 5.37. The van der Waals surface area contributed by atoms with E-state index >= 15 is 0 Å². The number of fused-ring (bicyclic) bond motifs is 1. The van der Waals surface area contributed by atoms with Crippen LogP contribution in [-0.2, 0) is 5.88 Å². The Morgan fingerprint density at radius 2 is 2.29 bits per heavy atom. The van der Waals surface area contributed by atoms with Gasteiger partial charge in [-0.25, -0.2) is 0 Å². The van der Waals surface area contributed by atoms with Gasteiger partial charge < -0.3 is 5.11 Å². The Balaban J connectivity index is 2.90. The fraction of sp³-hybridized carbons (Fsp3) is 0.100. The number of benzene rings is 1.